The maximum absolute atomic E-state index is 5.64. The molecule has 0 aromatic carbocycles. The van der Waals surface area contributed by atoms with Crippen molar-refractivity contribution in [3.63, 3.8) is 0 Å². The Kier molecular flexibility index (Phi) is 3.78. The molecule has 5 heteroatoms. The van der Waals surface area contributed by atoms with E-state index in [-0.39, 0.29) is 0 Å². The minimum atomic E-state index is 0.747. The quantitative estimate of drug-likeness (QED) is 0.698. The third-order valence-electron chi connectivity index (χ3n) is 3.27. The Labute approximate surface area is 117 Å². The number of nitrogens with zero attached hydrogens (tertiary/aromatic N) is 3. The van der Waals surface area contributed by atoms with Gasteiger partial charge >= 0.3 is 0 Å². The van der Waals surface area contributed by atoms with Gasteiger partial charge in [-0.3, -0.25) is 4.40 Å². The van der Waals surface area contributed by atoms with Gasteiger partial charge in [-0.2, -0.15) is 0 Å². The van der Waals surface area contributed by atoms with Gasteiger partial charge in [-0.05, 0) is 24.3 Å². The molecule has 0 unspecified atom stereocenters. The van der Waals surface area contributed by atoms with Gasteiger partial charge in [0.05, 0.1) is 6.54 Å². The van der Waals surface area contributed by atoms with Crippen LogP contribution in [0, 0.1) is 0 Å². The number of aromatic nitrogens is 3. The van der Waals surface area contributed by atoms with Gasteiger partial charge in [-0.25, -0.2) is 0 Å². The molecule has 0 saturated heterocycles. The second-order valence-electron chi connectivity index (χ2n) is 4.69. The van der Waals surface area contributed by atoms with Crippen molar-refractivity contribution in [1.82, 2.24) is 19.9 Å². The molecule has 0 radical (unpaired) electrons. The summed E-state index contributed by atoms with van der Waals surface area (Å²) < 4.78 is 7.66. The van der Waals surface area contributed by atoms with E-state index in [1.54, 1.807) is 0 Å². The van der Waals surface area contributed by atoms with Crippen LogP contribution in [0.4, 0.5) is 0 Å². The molecule has 0 saturated carbocycles. The monoisotopic (exact) mass is 270 g/mol. The Morgan fingerprint density at radius 2 is 2.05 bits per heavy atom. The molecule has 3 heterocycles. The van der Waals surface area contributed by atoms with Crippen LogP contribution in [0.1, 0.15) is 24.3 Å². The van der Waals surface area contributed by atoms with E-state index in [0.29, 0.717) is 0 Å². The van der Waals surface area contributed by atoms with E-state index in [2.05, 4.69) is 22.4 Å². The van der Waals surface area contributed by atoms with Crippen LogP contribution in [0.15, 0.2) is 40.9 Å². The van der Waals surface area contributed by atoms with Gasteiger partial charge in [0.1, 0.15) is 17.3 Å². The Balaban J connectivity index is 1.52. The molecular formula is C15H18N4O. The zero-order chi connectivity index (χ0) is 13.8. The first-order valence-corrected chi connectivity index (χ1v) is 6.94. The molecule has 104 valence electrons. The van der Waals surface area contributed by atoms with Gasteiger partial charge in [0.2, 0.25) is 0 Å². The largest absolute Gasteiger partial charge is 0.465 e. The third kappa shape index (κ3) is 2.72. The summed E-state index contributed by atoms with van der Waals surface area (Å²) in [6.45, 7) is 3.68. The van der Waals surface area contributed by atoms with E-state index in [9.17, 15) is 0 Å². The van der Waals surface area contributed by atoms with Crippen LogP contribution in [0.2, 0.25) is 0 Å². The summed E-state index contributed by atoms with van der Waals surface area (Å²) in [6.07, 6.45) is 3.77. The van der Waals surface area contributed by atoms with Crippen LogP contribution in [-0.4, -0.2) is 21.1 Å². The van der Waals surface area contributed by atoms with E-state index in [1.165, 1.54) is 0 Å². The summed E-state index contributed by atoms with van der Waals surface area (Å²) >= 11 is 0. The van der Waals surface area contributed by atoms with Gasteiger partial charge < -0.3 is 9.73 Å². The lowest BCUT2D eigenvalue weighted by atomic mass is 10.3. The van der Waals surface area contributed by atoms with Crippen LogP contribution in [0.3, 0.4) is 0 Å². The van der Waals surface area contributed by atoms with Crippen LogP contribution < -0.4 is 5.32 Å². The van der Waals surface area contributed by atoms with Gasteiger partial charge in [0.15, 0.2) is 5.65 Å². The molecule has 3 aromatic heterocycles. The molecule has 0 atom stereocenters. The van der Waals surface area contributed by atoms with Gasteiger partial charge in [0, 0.05) is 25.6 Å². The highest BCUT2D eigenvalue weighted by Gasteiger charge is 2.04. The van der Waals surface area contributed by atoms with Gasteiger partial charge in [0.25, 0.3) is 0 Å². The average molecular weight is 270 g/mol. The second kappa shape index (κ2) is 5.88. The molecule has 3 aromatic rings. The molecule has 0 aliphatic heterocycles. The van der Waals surface area contributed by atoms with Crippen molar-refractivity contribution >= 4 is 5.65 Å². The van der Waals surface area contributed by atoms with Crippen LogP contribution in [0.5, 0.6) is 0 Å². The highest BCUT2D eigenvalue weighted by atomic mass is 16.3. The Morgan fingerprint density at radius 3 is 2.90 bits per heavy atom. The number of hydrogen-bond donors (Lipinski definition) is 1. The van der Waals surface area contributed by atoms with E-state index in [0.717, 1.165) is 48.9 Å². The molecular weight excluding hydrogens is 252 g/mol. The smallest absolute Gasteiger partial charge is 0.160 e. The first kappa shape index (κ1) is 12.9. The zero-order valence-corrected chi connectivity index (χ0v) is 11.5. The average Bonchev–Trinajstić information content (AvgIpc) is 3.10. The molecule has 0 aliphatic rings. The van der Waals surface area contributed by atoms with Crippen molar-refractivity contribution in [1.29, 1.82) is 0 Å². The van der Waals surface area contributed by atoms with Crippen molar-refractivity contribution in [3.05, 3.63) is 53.9 Å². The fraction of sp³-hybridized carbons (Fsp3) is 0.333. The number of furan rings is 1. The number of hydrogen-bond acceptors (Lipinski definition) is 4. The summed E-state index contributed by atoms with van der Waals surface area (Å²) in [7, 11) is 0. The molecule has 1 N–H and O–H groups in total. The minimum absolute atomic E-state index is 0.747. The Hall–Kier alpha value is -2.14. The van der Waals surface area contributed by atoms with Crippen molar-refractivity contribution in [2.24, 2.45) is 0 Å². The highest BCUT2D eigenvalue weighted by Crippen LogP contribution is 2.08. The molecule has 0 spiro atoms. The van der Waals surface area contributed by atoms with E-state index < -0.39 is 0 Å². The molecule has 0 aliphatic carbocycles. The lowest BCUT2D eigenvalue weighted by Gasteiger charge is -2.02. The first-order valence-electron chi connectivity index (χ1n) is 6.94. The first-order chi connectivity index (χ1) is 9.86. The fourth-order valence-electron chi connectivity index (χ4n) is 2.18. The summed E-state index contributed by atoms with van der Waals surface area (Å²) in [5.41, 5.74) is 0.890. The van der Waals surface area contributed by atoms with Crippen molar-refractivity contribution in [2.45, 2.75) is 26.3 Å². The van der Waals surface area contributed by atoms with E-state index >= 15 is 0 Å². The summed E-state index contributed by atoms with van der Waals surface area (Å²) in [4.78, 5) is 0. The predicted molar refractivity (Wildman–Crippen MR) is 76.5 cm³/mol. The molecule has 5 nitrogen and oxygen atoms in total. The van der Waals surface area contributed by atoms with Crippen molar-refractivity contribution < 1.29 is 4.42 Å². The Morgan fingerprint density at radius 1 is 1.15 bits per heavy atom. The SMILES string of the molecule is CCc1ccc(CNCCc2nnc3ccccn23)o1. The number of fused-ring (bicyclic) bond motifs is 1. The summed E-state index contributed by atoms with van der Waals surface area (Å²) in [6, 6.07) is 9.97. The molecule has 0 amide bonds. The third-order valence-corrected chi connectivity index (χ3v) is 3.27. The summed E-state index contributed by atoms with van der Waals surface area (Å²) in [5.74, 6) is 2.99. The molecule has 3 rings (SSSR count). The van der Waals surface area contributed by atoms with Crippen LogP contribution >= 0.6 is 0 Å². The predicted octanol–water partition coefficient (Wildman–Crippen LogP) is 2.22. The summed E-state index contributed by atoms with van der Waals surface area (Å²) in [5, 5.41) is 11.7. The van der Waals surface area contributed by atoms with Crippen LogP contribution in [-0.2, 0) is 19.4 Å². The number of pyridine rings is 1. The topological polar surface area (TPSA) is 55.4 Å². The number of aryl methyl sites for hydroxylation is 1. The lowest BCUT2D eigenvalue weighted by Crippen LogP contribution is -2.17. The van der Waals surface area contributed by atoms with Gasteiger partial charge in [-0.15, -0.1) is 10.2 Å². The molecule has 0 bridgehead atoms. The zero-order valence-electron chi connectivity index (χ0n) is 11.5. The highest BCUT2D eigenvalue weighted by molar-refractivity contribution is 5.36. The maximum atomic E-state index is 5.64. The number of nitrogens with one attached hydrogen (secondary N) is 1. The normalized spacial score (nSPS) is 11.2. The second-order valence-corrected chi connectivity index (χ2v) is 4.69. The van der Waals surface area contributed by atoms with E-state index in [4.69, 9.17) is 4.42 Å². The lowest BCUT2D eigenvalue weighted by molar-refractivity contribution is 0.450. The van der Waals surface area contributed by atoms with Crippen molar-refractivity contribution in [3.8, 4) is 0 Å². The minimum Gasteiger partial charge on any atom is -0.465 e. The van der Waals surface area contributed by atoms with Crippen LogP contribution in [0.25, 0.3) is 5.65 Å². The number of rotatable bonds is 6. The van der Waals surface area contributed by atoms with E-state index in [1.807, 2.05) is 40.9 Å². The van der Waals surface area contributed by atoms with Gasteiger partial charge in [-0.1, -0.05) is 13.0 Å². The molecule has 0 fully saturated rings. The van der Waals surface area contributed by atoms with Crippen molar-refractivity contribution in [2.75, 3.05) is 6.54 Å². The fourth-order valence-corrected chi connectivity index (χ4v) is 2.18. The maximum Gasteiger partial charge on any atom is 0.160 e. The molecule has 20 heavy (non-hydrogen) atoms. The Bertz CT molecular complexity index is 686. The standard InChI is InChI=1S/C15H18N4O/c1-2-12-6-7-13(20-12)11-16-9-8-15-18-17-14-5-3-4-10-19(14)15/h3-7,10,16H,2,8-9,11H2,1H3.